The van der Waals surface area contributed by atoms with Crippen LogP contribution in [-0.2, 0) is 6.61 Å². The second-order valence-electron chi connectivity index (χ2n) is 6.98. The van der Waals surface area contributed by atoms with Crippen LogP contribution in [0, 0.1) is 0 Å². The number of fused-ring (bicyclic) bond motifs is 1. The van der Waals surface area contributed by atoms with Gasteiger partial charge in [-0.25, -0.2) is 9.78 Å². The Hall–Kier alpha value is -4.53. The molecule has 0 spiro atoms. The monoisotopic (exact) mass is 446 g/mol. The smallest absolute Gasteiger partial charge is 0.323 e. The molecule has 0 aliphatic carbocycles. The van der Waals surface area contributed by atoms with E-state index < -0.39 is 6.03 Å². The van der Waals surface area contributed by atoms with Crippen molar-refractivity contribution in [1.29, 1.82) is 0 Å². The average Bonchev–Trinajstić information content (AvgIpc) is 2.83. The number of rotatable bonds is 7. The number of ether oxygens (including phenoxy) is 3. The third kappa shape index (κ3) is 5.21. The summed E-state index contributed by atoms with van der Waals surface area (Å²) in [6.07, 6.45) is 1.66. The van der Waals surface area contributed by atoms with E-state index >= 15 is 0 Å². The Morgan fingerprint density at radius 3 is 2.48 bits per heavy atom. The highest BCUT2D eigenvalue weighted by Gasteiger charge is 2.09. The summed E-state index contributed by atoms with van der Waals surface area (Å²) in [6.45, 7) is 0.113. The number of methoxy groups -OCH3 is 2. The summed E-state index contributed by atoms with van der Waals surface area (Å²) in [6, 6.07) is 18.4. The number of nitrogens with zero attached hydrogens (tertiary/aromatic N) is 2. The van der Waals surface area contributed by atoms with E-state index in [2.05, 4.69) is 15.6 Å². The summed E-state index contributed by atoms with van der Waals surface area (Å²) in [5, 5.41) is 5.50. The van der Waals surface area contributed by atoms with Gasteiger partial charge < -0.3 is 24.8 Å². The lowest BCUT2D eigenvalue weighted by atomic mass is 10.2. The van der Waals surface area contributed by atoms with Crippen molar-refractivity contribution in [3.63, 3.8) is 0 Å². The van der Waals surface area contributed by atoms with E-state index in [0.29, 0.717) is 40.0 Å². The zero-order chi connectivity index (χ0) is 23.2. The summed E-state index contributed by atoms with van der Waals surface area (Å²) < 4.78 is 17.7. The third-order valence-corrected chi connectivity index (χ3v) is 4.74. The molecule has 0 fully saturated rings. The molecular formula is C24H22N4O5. The van der Waals surface area contributed by atoms with Gasteiger partial charge in [0.25, 0.3) is 5.56 Å². The van der Waals surface area contributed by atoms with Crippen LogP contribution in [0.1, 0.15) is 5.69 Å². The number of carbonyl (C=O) groups is 1. The number of anilines is 2. The first-order valence-corrected chi connectivity index (χ1v) is 10.1. The number of hydrogen-bond acceptors (Lipinski definition) is 6. The fourth-order valence-corrected chi connectivity index (χ4v) is 3.21. The largest absolute Gasteiger partial charge is 0.493 e. The van der Waals surface area contributed by atoms with Crippen LogP contribution in [-0.4, -0.2) is 29.6 Å². The van der Waals surface area contributed by atoms with Gasteiger partial charge in [-0.2, -0.15) is 0 Å². The molecule has 2 amide bonds. The van der Waals surface area contributed by atoms with Gasteiger partial charge in [0.1, 0.15) is 18.0 Å². The summed E-state index contributed by atoms with van der Waals surface area (Å²) in [5.41, 5.74) is 1.96. The van der Waals surface area contributed by atoms with Crippen LogP contribution in [0.2, 0.25) is 0 Å². The molecule has 168 valence electrons. The second-order valence-corrected chi connectivity index (χ2v) is 6.98. The normalized spacial score (nSPS) is 10.5. The first-order chi connectivity index (χ1) is 16.1. The molecule has 4 aromatic rings. The van der Waals surface area contributed by atoms with E-state index in [1.165, 1.54) is 17.6 Å². The lowest BCUT2D eigenvalue weighted by Gasteiger charge is -2.12. The maximum atomic E-state index is 12.4. The molecule has 2 aromatic carbocycles. The van der Waals surface area contributed by atoms with Crippen LogP contribution in [0.3, 0.4) is 0 Å². The molecule has 0 aliphatic rings. The number of pyridine rings is 1. The molecule has 2 aromatic heterocycles. The van der Waals surface area contributed by atoms with Gasteiger partial charge >= 0.3 is 6.03 Å². The highest BCUT2D eigenvalue weighted by Crippen LogP contribution is 2.29. The Morgan fingerprint density at radius 1 is 0.909 bits per heavy atom. The quantitative estimate of drug-likeness (QED) is 0.446. The highest BCUT2D eigenvalue weighted by atomic mass is 16.5. The van der Waals surface area contributed by atoms with E-state index in [9.17, 15) is 9.59 Å². The Bertz CT molecular complexity index is 1350. The third-order valence-electron chi connectivity index (χ3n) is 4.74. The zero-order valence-electron chi connectivity index (χ0n) is 18.1. The van der Waals surface area contributed by atoms with Crippen molar-refractivity contribution in [3.05, 3.63) is 89.0 Å². The second kappa shape index (κ2) is 9.73. The molecule has 9 heteroatoms. The van der Waals surface area contributed by atoms with E-state index in [1.54, 1.807) is 67.9 Å². The number of nitrogens with one attached hydrogen (secondary N) is 2. The van der Waals surface area contributed by atoms with Crippen LogP contribution in [0.15, 0.2) is 77.7 Å². The van der Waals surface area contributed by atoms with Crippen molar-refractivity contribution in [1.82, 2.24) is 9.38 Å². The molecule has 0 radical (unpaired) electrons. The zero-order valence-corrected chi connectivity index (χ0v) is 18.1. The van der Waals surface area contributed by atoms with Crippen molar-refractivity contribution in [2.45, 2.75) is 6.61 Å². The number of urea groups is 1. The van der Waals surface area contributed by atoms with Gasteiger partial charge in [-0.3, -0.25) is 9.20 Å². The van der Waals surface area contributed by atoms with Crippen molar-refractivity contribution in [2.75, 3.05) is 24.9 Å². The highest BCUT2D eigenvalue weighted by molar-refractivity contribution is 6.00. The predicted octanol–water partition coefficient (Wildman–Crippen LogP) is 3.93. The Morgan fingerprint density at radius 2 is 1.70 bits per heavy atom. The molecule has 4 rings (SSSR count). The Kier molecular flexibility index (Phi) is 6.40. The van der Waals surface area contributed by atoms with Gasteiger partial charge in [0.05, 0.1) is 19.9 Å². The molecule has 0 atom stereocenters. The summed E-state index contributed by atoms with van der Waals surface area (Å²) in [4.78, 5) is 29.1. The molecule has 0 bridgehead atoms. The lowest BCUT2D eigenvalue weighted by Crippen LogP contribution is -2.19. The van der Waals surface area contributed by atoms with E-state index in [4.69, 9.17) is 14.2 Å². The first-order valence-electron chi connectivity index (χ1n) is 10.1. The van der Waals surface area contributed by atoms with Crippen LogP contribution in [0.4, 0.5) is 16.2 Å². The molecular weight excluding hydrogens is 424 g/mol. The first kappa shape index (κ1) is 21.7. The van der Waals surface area contributed by atoms with Crippen molar-refractivity contribution in [2.24, 2.45) is 0 Å². The molecule has 33 heavy (non-hydrogen) atoms. The summed E-state index contributed by atoms with van der Waals surface area (Å²) >= 11 is 0. The van der Waals surface area contributed by atoms with E-state index in [0.717, 1.165) is 0 Å². The molecule has 0 saturated carbocycles. The molecule has 2 N–H and O–H groups in total. The molecule has 2 heterocycles. The Balaban J connectivity index is 1.40. The average molecular weight is 446 g/mol. The number of benzene rings is 2. The molecule has 0 saturated heterocycles. The summed E-state index contributed by atoms with van der Waals surface area (Å²) in [7, 11) is 3.07. The molecule has 0 aliphatic heterocycles. The lowest BCUT2D eigenvalue weighted by molar-refractivity contribution is 0.262. The van der Waals surface area contributed by atoms with Crippen LogP contribution >= 0.6 is 0 Å². The fraction of sp³-hybridized carbons (Fsp3) is 0.125. The van der Waals surface area contributed by atoms with Gasteiger partial charge in [0, 0.05) is 35.8 Å². The standard InChI is InChI=1S/C24H22N4O5/c1-31-20-10-9-17(13-21(20)32-2)27-24(30)26-16-6-5-7-19(12-16)33-15-18-14-23(29)28-11-4-3-8-22(28)25-18/h3-14H,15H2,1-2H3,(H2,26,27,30). The van der Waals surface area contributed by atoms with Gasteiger partial charge in [-0.1, -0.05) is 12.1 Å². The van der Waals surface area contributed by atoms with Gasteiger partial charge in [-0.05, 0) is 36.4 Å². The maximum absolute atomic E-state index is 12.4. The Labute approximate surface area is 189 Å². The molecule has 0 unspecified atom stereocenters. The van der Waals surface area contributed by atoms with Crippen LogP contribution in [0.25, 0.3) is 5.65 Å². The number of hydrogen-bond donors (Lipinski definition) is 2. The number of amides is 2. The fourth-order valence-electron chi connectivity index (χ4n) is 3.21. The van der Waals surface area contributed by atoms with Crippen LogP contribution in [0.5, 0.6) is 17.2 Å². The van der Waals surface area contributed by atoms with Gasteiger partial charge in [0.15, 0.2) is 11.5 Å². The SMILES string of the molecule is COc1ccc(NC(=O)Nc2cccc(OCc3cc(=O)n4ccccc4n3)c2)cc1OC. The summed E-state index contributed by atoms with van der Waals surface area (Å²) in [5.74, 6) is 1.60. The predicted molar refractivity (Wildman–Crippen MR) is 124 cm³/mol. The van der Waals surface area contributed by atoms with Crippen molar-refractivity contribution in [3.8, 4) is 17.2 Å². The van der Waals surface area contributed by atoms with E-state index in [-0.39, 0.29) is 12.2 Å². The van der Waals surface area contributed by atoms with Crippen molar-refractivity contribution < 1.29 is 19.0 Å². The molecule has 9 nitrogen and oxygen atoms in total. The van der Waals surface area contributed by atoms with Crippen LogP contribution < -0.4 is 30.4 Å². The van der Waals surface area contributed by atoms with E-state index in [1.807, 2.05) is 6.07 Å². The minimum Gasteiger partial charge on any atom is -0.493 e. The minimum absolute atomic E-state index is 0.113. The number of aromatic nitrogens is 2. The van der Waals surface area contributed by atoms with Gasteiger partial charge in [0.2, 0.25) is 0 Å². The van der Waals surface area contributed by atoms with Crippen molar-refractivity contribution >= 4 is 23.1 Å². The van der Waals surface area contributed by atoms with Gasteiger partial charge in [-0.15, -0.1) is 0 Å². The topological polar surface area (TPSA) is 103 Å². The maximum Gasteiger partial charge on any atom is 0.323 e. The number of carbonyl (C=O) groups excluding carboxylic acids is 1. The minimum atomic E-state index is -0.427.